The molecule has 0 unspecified atom stereocenters. The summed E-state index contributed by atoms with van der Waals surface area (Å²) in [5.74, 6) is 1.31. The first kappa shape index (κ1) is 11.6. The highest BCUT2D eigenvalue weighted by Gasteiger charge is 1.93. The zero-order chi connectivity index (χ0) is 10.9. The lowest BCUT2D eigenvalue weighted by molar-refractivity contribution is 0.362. The van der Waals surface area contributed by atoms with Crippen LogP contribution in [0.25, 0.3) is 0 Å². The van der Waals surface area contributed by atoms with Crippen molar-refractivity contribution in [1.29, 1.82) is 5.26 Å². The van der Waals surface area contributed by atoms with Gasteiger partial charge in [-0.3, -0.25) is 0 Å². The number of halogens is 1. The average molecular weight is 222 g/mol. The van der Waals surface area contributed by atoms with Gasteiger partial charge in [0.25, 0.3) is 0 Å². The standard InChI is InChI=1S/C12H12ClNO/c13-8-1-2-10-15-12-5-3-11(4-6-12)7-9-14/h1-6H,7-8,10H2. The van der Waals surface area contributed by atoms with Crippen molar-refractivity contribution in [1.82, 2.24) is 0 Å². The Balaban J connectivity index is 2.43. The minimum absolute atomic E-state index is 0.437. The summed E-state index contributed by atoms with van der Waals surface area (Å²) in [6.45, 7) is 0.518. The fourth-order valence-corrected chi connectivity index (χ4v) is 1.20. The molecule has 0 amide bonds. The van der Waals surface area contributed by atoms with E-state index in [4.69, 9.17) is 21.6 Å². The lowest BCUT2D eigenvalue weighted by atomic mass is 10.2. The van der Waals surface area contributed by atoms with Crippen molar-refractivity contribution in [3.05, 3.63) is 42.0 Å². The van der Waals surface area contributed by atoms with Gasteiger partial charge in [-0.25, -0.2) is 0 Å². The third-order valence-electron chi connectivity index (χ3n) is 1.81. The Hall–Kier alpha value is -1.46. The van der Waals surface area contributed by atoms with Gasteiger partial charge >= 0.3 is 0 Å². The SMILES string of the molecule is N#CCc1ccc(OCC=CCCl)cc1. The fraction of sp³-hybridized carbons (Fsp3) is 0.250. The highest BCUT2D eigenvalue weighted by molar-refractivity contribution is 6.18. The van der Waals surface area contributed by atoms with Crippen LogP contribution in [0, 0.1) is 11.3 Å². The zero-order valence-corrected chi connectivity index (χ0v) is 9.07. The van der Waals surface area contributed by atoms with Gasteiger partial charge < -0.3 is 4.74 Å². The van der Waals surface area contributed by atoms with Crippen LogP contribution in [0.2, 0.25) is 0 Å². The maximum absolute atomic E-state index is 8.49. The van der Waals surface area contributed by atoms with Crippen LogP contribution in [0.1, 0.15) is 5.56 Å². The van der Waals surface area contributed by atoms with Crippen molar-refractivity contribution < 1.29 is 4.74 Å². The Kier molecular flexibility index (Phi) is 5.35. The molecule has 0 spiro atoms. The molecule has 0 saturated heterocycles. The minimum atomic E-state index is 0.437. The molecule has 2 nitrogen and oxygen atoms in total. The molecule has 1 rings (SSSR count). The van der Waals surface area contributed by atoms with E-state index < -0.39 is 0 Å². The Morgan fingerprint density at radius 1 is 1.27 bits per heavy atom. The average Bonchev–Trinajstić information content (AvgIpc) is 2.27. The highest BCUT2D eigenvalue weighted by Crippen LogP contribution is 2.12. The van der Waals surface area contributed by atoms with Gasteiger partial charge in [0.1, 0.15) is 12.4 Å². The van der Waals surface area contributed by atoms with Gasteiger partial charge in [0, 0.05) is 5.88 Å². The maximum Gasteiger partial charge on any atom is 0.119 e. The lowest BCUT2D eigenvalue weighted by Crippen LogP contribution is -1.93. The molecular weight excluding hydrogens is 210 g/mol. The third-order valence-corrected chi connectivity index (χ3v) is 1.99. The van der Waals surface area contributed by atoms with Crippen LogP contribution < -0.4 is 4.74 Å². The van der Waals surface area contributed by atoms with Crippen molar-refractivity contribution in [2.75, 3.05) is 12.5 Å². The first-order valence-corrected chi connectivity index (χ1v) is 5.20. The van der Waals surface area contributed by atoms with E-state index in [2.05, 4.69) is 6.07 Å². The Bertz CT molecular complexity index is 351. The second-order valence-electron chi connectivity index (χ2n) is 2.92. The molecule has 0 aliphatic carbocycles. The molecule has 0 saturated carbocycles. The predicted octanol–water partition coefficient (Wildman–Crippen LogP) is 2.93. The molecule has 1 aromatic rings. The molecule has 0 heterocycles. The van der Waals surface area contributed by atoms with Crippen molar-refractivity contribution in [2.24, 2.45) is 0 Å². The van der Waals surface area contributed by atoms with Crippen molar-refractivity contribution in [2.45, 2.75) is 6.42 Å². The van der Waals surface area contributed by atoms with Crippen LogP contribution in [0.15, 0.2) is 36.4 Å². The van der Waals surface area contributed by atoms with Crippen LogP contribution >= 0.6 is 11.6 Å². The van der Waals surface area contributed by atoms with Crippen LogP contribution in [0.4, 0.5) is 0 Å². The van der Waals surface area contributed by atoms with E-state index in [1.54, 1.807) is 0 Å². The molecule has 3 heteroatoms. The van der Waals surface area contributed by atoms with E-state index in [1.807, 2.05) is 36.4 Å². The van der Waals surface area contributed by atoms with E-state index in [9.17, 15) is 0 Å². The van der Waals surface area contributed by atoms with Crippen molar-refractivity contribution in [3.63, 3.8) is 0 Å². The predicted molar refractivity (Wildman–Crippen MR) is 61.1 cm³/mol. The van der Waals surface area contributed by atoms with E-state index in [-0.39, 0.29) is 0 Å². The van der Waals surface area contributed by atoms with Crippen LogP contribution in [0.5, 0.6) is 5.75 Å². The molecule has 78 valence electrons. The number of hydrogen-bond donors (Lipinski definition) is 0. The molecule has 0 bridgehead atoms. The number of ether oxygens (including phenoxy) is 1. The molecule has 0 N–H and O–H groups in total. The van der Waals surface area contributed by atoms with Crippen molar-refractivity contribution in [3.8, 4) is 11.8 Å². The normalized spacial score (nSPS) is 10.1. The second kappa shape index (κ2) is 6.92. The Morgan fingerprint density at radius 3 is 2.60 bits per heavy atom. The second-order valence-corrected chi connectivity index (χ2v) is 3.22. The number of rotatable bonds is 5. The van der Waals surface area contributed by atoms with Crippen molar-refractivity contribution >= 4 is 11.6 Å². The van der Waals surface area contributed by atoms with Gasteiger partial charge in [0.05, 0.1) is 12.5 Å². The fourth-order valence-electron chi connectivity index (χ4n) is 1.07. The Morgan fingerprint density at radius 2 is 2.00 bits per heavy atom. The summed E-state index contributed by atoms with van der Waals surface area (Å²) in [5.41, 5.74) is 1.00. The summed E-state index contributed by atoms with van der Waals surface area (Å²) in [4.78, 5) is 0. The third kappa shape index (κ3) is 4.53. The molecule has 0 aliphatic heterocycles. The molecule has 15 heavy (non-hydrogen) atoms. The molecule has 0 aliphatic rings. The summed E-state index contributed by atoms with van der Waals surface area (Å²) in [6, 6.07) is 9.61. The highest BCUT2D eigenvalue weighted by atomic mass is 35.5. The van der Waals surface area contributed by atoms with Gasteiger partial charge in [-0.05, 0) is 17.7 Å². The van der Waals surface area contributed by atoms with Gasteiger partial charge in [0.2, 0.25) is 0 Å². The summed E-state index contributed by atoms with van der Waals surface area (Å²) in [7, 11) is 0. The largest absolute Gasteiger partial charge is 0.490 e. The van der Waals surface area contributed by atoms with E-state index in [1.165, 1.54) is 0 Å². The number of nitriles is 1. The molecule has 0 fully saturated rings. The molecule has 0 aromatic heterocycles. The maximum atomic E-state index is 8.49. The topological polar surface area (TPSA) is 33.0 Å². The summed E-state index contributed by atoms with van der Waals surface area (Å²) in [6.07, 6.45) is 4.15. The minimum Gasteiger partial charge on any atom is -0.490 e. The number of benzene rings is 1. The van der Waals surface area contributed by atoms with E-state index in [0.29, 0.717) is 18.9 Å². The first-order valence-electron chi connectivity index (χ1n) is 4.66. The molecular formula is C12H12ClNO. The summed E-state index contributed by atoms with van der Waals surface area (Å²) < 4.78 is 5.41. The van der Waals surface area contributed by atoms with E-state index >= 15 is 0 Å². The molecule has 0 atom stereocenters. The van der Waals surface area contributed by atoms with Crippen LogP contribution in [-0.4, -0.2) is 12.5 Å². The quantitative estimate of drug-likeness (QED) is 0.566. The van der Waals surface area contributed by atoms with E-state index in [0.717, 1.165) is 11.3 Å². The zero-order valence-electron chi connectivity index (χ0n) is 8.32. The number of alkyl halides is 1. The monoisotopic (exact) mass is 221 g/mol. The Labute approximate surface area is 94.7 Å². The lowest BCUT2D eigenvalue weighted by Gasteiger charge is -2.03. The van der Waals surface area contributed by atoms with Crippen LogP contribution in [0.3, 0.4) is 0 Å². The molecule has 1 aromatic carbocycles. The number of allylic oxidation sites excluding steroid dienone is 1. The number of hydrogen-bond acceptors (Lipinski definition) is 2. The first-order chi connectivity index (χ1) is 7.36. The molecule has 0 radical (unpaired) electrons. The van der Waals surface area contributed by atoms with Gasteiger partial charge in [-0.1, -0.05) is 24.3 Å². The van der Waals surface area contributed by atoms with Gasteiger partial charge in [-0.15, -0.1) is 11.6 Å². The summed E-state index contributed by atoms with van der Waals surface area (Å²) >= 11 is 5.47. The van der Waals surface area contributed by atoms with Crippen LogP contribution in [-0.2, 0) is 6.42 Å². The van der Waals surface area contributed by atoms with Gasteiger partial charge in [0.15, 0.2) is 0 Å². The number of nitrogens with zero attached hydrogens (tertiary/aromatic N) is 1. The smallest absolute Gasteiger partial charge is 0.119 e. The van der Waals surface area contributed by atoms with Gasteiger partial charge in [-0.2, -0.15) is 5.26 Å². The summed E-state index contributed by atoms with van der Waals surface area (Å²) in [5, 5.41) is 8.49.